The minimum Gasteiger partial charge on any atom is -0.377 e. The average molecular weight is 339 g/mol. The highest BCUT2D eigenvalue weighted by atomic mass is 79.9. The van der Waals surface area contributed by atoms with Crippen LogP contribution in [0, 0.1) is 0 Å². The summed E-state index contributed by atoms with van der Waals surface area (Å²) < 4.78 is 9.11. The molecule has 0 saturated carbocycles. The van der Waals surface area contributed by atoms with Gasteiger partial charge in [-0.3, -0.25) is 0 Å². The van der Waals surface area contributed by atoms with Crippen LogP contribution in [0.3, 0.4) is 0 Å². The van der Waals surface area contributed by atoms with Gasteiger partial charge >= 0.3 is 0 Å². The molecule has 0 radical (unpaired) electrons. The van der Waals surface area contributed by atoms with E-state index in [2.05, 4.69) is 36.6 Å². The summed E-state index contributed by atoms with van der Waals surface area (Å²) in [6, 6.07) is 1.66. The predicted molar refractivity (Wildman–Crippen MR) is 74.0 cm³/mol. The summed E-state index contributed by atoms with van der Waals surface area (Å²) in [5.74, 6) is 0. The molecule has 0 aliphatic heterocycles. The first kappa shape index (κ1) is 12.1. The van der Waals surface area contributed by atoms with Gasteiger partial charge in [0, 0.05) is 11.0 Å². The van der Waals surface area contributed by atoms with Gasteiger partial charge in [-0.25, -0.2) is 0 Å². The maximum atomic E-state index is 6.09. The van der Waals surface area contributed by atoms with E-state index in [1.54, 1.807) is 6.07 Å². The Bertz CT molecular complexity index is 555. The van der Waals surface area contributed by atoms with Gasteiger partial charge in [-0.15, -0.1) is 0 Å². The van der Waals surface area contributed by atoms with Gasteiger partial charge in [-0.05, 0) is 6.07 Å². The van der Waals surface area contributed by atoms with E-state index >= 15 is 0 Å². The quantitative estimate of drug-likeness (QED) is 0.905. The summed E-state index contributed by atoms with van der Waals surface area (Å²) in [5.41, 5.74) is 2.09. The largest absolute Gasteiger partial charge is 0.377 e. The normalized spacial score (nSPS) is 10.7. The first-order valence-corrected chi connectivity index (χ1v) is 6.55. The first-order chi connectivity index (χ1) is 7.59. The second kappa shape index (κ2) is 4.87. The zero-order valence-electron chi connectivity index (χ0n) is 7.93. The number of hydrogen-bond acceptors (Lipinski definition) is 4. The van der Waals surface area contributed by atoms with E-state index in [4.69, 9.17) is 23.2 Å². The SMILES string of the molecule is C=C(Br)CNc1c(Cl)cc(Cl)c2nsnc12. The van der Waals surface area contributed by atoms with Crippen LogP contribution < -0.4 is 5.32 Å². The Morgan fingerprint density at radius 1 is 1.38 bits per heavy atom. The molecule has 1 N–H and O–H groups in total. The van der Waals surface area contributed by atoms with Gasteiger partial charge in [0.25, 0.3) is 0 Å². The third kappa shape index (κ3) is 2.32. The van der Waals surface area contributed by atoms with Gasteiger partial charge in [-0.2, -0.15) is 8.75 Å². The standard InChI is InChI=1S/C9H6BrCl2N3S/c1-4(10)3-13-7-5(11)2-6(12)8-9(7)15-16-14-8/h2,13H,1,3H2. The molecular formula is C9H6BrCl2N3S. The Kier molecular flexibility index (Phi) is 3.69. The van der Waals surface area contributed by atoms with E-state index < -0.39 is 0 Å². The number of hydrogen-bond donors (Lipinski definition) is 1. The minimum absolute atomic E-state index is 0.511. The van der Waals surface area contributed by atoms with Crippen molar-refractivity contribution in [2.24, 2.45) is 0 Å². The highest BCUT2D eigenvalue weighted by molar-refractivity contribution is 9.11. The van der Waals surface area contributed by atoms with Crippen LogP contribution in [0.5, 0.6) is 0 Å². The van der Waals surface area contributed by atoms with E-state index in [-0.39, 0.29) is 0 Å². The number of fused-ring (bicyclic) bond motifs is 1. The molecule has 84 valence electrons. The zero-order valence-corrected chi connectivity index (χ0v) is 11.8. The lowest BCUT2D eigenvalue weighted by Gasteiger charge is -2.08. The molecule has 1 aromatic carbocycles. The number of anilines is 1. The fourth-order valence-corrected chi connectivity index (χ4v) is 2.55. The van der Waals surface area contributed by atoms with Gasteiger partial charge < -0.3 is 5.32 Å². The van der Waals surface area contributed by atoms with Gasteiger partial charge in [-0.1, -0.05) is 45.7 Å². The van der Waals surface area contributed by atoms with Crippen LogP contribution in [0.1, 0.15) is 0 Å². The van der Waals surface area contributed by atoms with Crippen LogP contribution >= 0.6 is 50.9 Å². The molecule has 16 heavy (non-hydrogen) atoms. The monoisotopic (exact) mass is 337 g/mol. The van der Waals surface area contributed by atoms with Gasteiger partial charge in [0.1, 0.15) is 11.0 Å². The first-order valence-electron chi connectivity index (χ1n) is 4.27. The van der Waals surface area contributed by atoms with E-state index in [0.717, 1.165) is 21.9 Å². The molecule has 2 aromatic rings. The van der Waals surface area contributed by atoms with Crippen molar-refractivity contribution in [3.63, 3.8) is 0 Å². The summed E-state index contributed by atoms with van der Waals surface area (Å²) in [6.45, 7) is 4.30. The van der Waals surface area contributed by atoms with Crippen molar-refractivity contribution in [2.75, 3.05) is 11.9 Å². The Morgan fingerprint density at radius 3 is 2.75 bits per heavy atom. The summed E-state index contributed by atoms with van der Waals surface area (Å²) in [7, 11) is 0. The molecule has 0 unspecified atom stereocenters. The van der Waals surface area contributed by atoms with E-state index in [1.807, 2.05) is 0 Å². The Labute approximate surface area is 115 Å². The highest BCUT2D eigenvalue weighted by Gasteiger charge is 2.13. The second-order valence-corrected chi connectivity index (χ2v) is 5.51. The fourth-order valence-electron chi connectivity index (χ4n) is 1.23. The van der Waals surface area contributed by atoms with Gasteiger partial charge in [0.2, 0.25) is 0 Å². The van der Waals surface area contributed by atoms with E-state index in [0.29, 0.717) is 27.6 Å². The maximum absolute atomic E-state index is 6.09. The van der Waals surface area contributed by atoms with Crippen LogP contribution in [-0.4, -0.2) is 15.3 Å². The molecule has 0 fully saturated rings. The second-order valence-electron chi connectivity index (χ2n) is 3.05. The number of benzene rings is 1. The number of nitrogens with zero attached hydrogens (tertiary/aromatic N) is 2. The number of nitrogens with one attached hydrogen (secondary N) is 1. The summed E-state index contributed by atoms with van der Waals surface area (Å²) in [6.07, 6.45) is 0. The molecule has 0 aliphatic rings. The van der Waals surface area contributed by atoms with Crippen LogP contribution in [0.25, 0.3) is 11.0 Å². The van der Waals surface area contributed by atoms with Crippen LogP contribution in [-0.2, 0) is 0 Å². The maximum Gasteiger partial charge on any atom is 0.130 e. The molecule has 0 atom stereocenters. The van der Waals surface area contributed by atoms with Gasteiger partial charge in [0.15, 0.2) is 0 Å². The fraction of sp³-hybridized carbons (Fsp3) is 0.111. The van der Waals surface area contributed by atoms with Gasteiger partial charge in [0.05, 0.1) is 27.5 Å². The van der Waals surface area contributed by atoms with E-state index in [1.165, 1.54) is 0 Å². The topological polar surface area (TPSA) is 37.8 Å². The molecule has 1 aromatic heterocycles. The summed E-state index contributed by atoms with van der Waals surface area (Å²) in [4.78, 5) is 0. The molecular weight excluding hydrogens is 333 g/mol. The van der Waals surface area contributed by atoms with Crippen molar-refractivity contribution in [3.05, 3.63) is 27.2 Å². The number of rotatable bonds is 3. The highest BCUT2D eigenvalue weighted by Crippen LogP contribution is 2.35. The van der Waals surface area contributed by atoms with Crippen molar-refractivity contribution in [3.8, 4) is 0 Å². The van der Waals surface area contributed by atoms with Crippen LogP contribution in [0.2, 0.25) is 10.0 Å². The third-order valence-electron chi connectivity index (χ3n) is 1.90. The Morgan fingerprint density at radius 2 is 2.06 bits per heavy atom. The lowest BCUT2D eigenvalue weighted by Crippen LogP contribution is -2.02. The molecule has 3 nitrogen and oxygen atoms in total. The molecule has 7 heteroatoms. The molecule has 0 aliphatic carbocycles. The molecule has 1 heterocycles. The smallest absolute Gasteiger partial charge is 0.130 e. The molecule has 0 saturated heterocycles. The van der Waals surface area contributed by atoms with Crippen molar-refractivity contribution >= 4 is 67.6 Å². The van der Waals surface area contributed by atoms with Crippen molar-refractivity contribution in [2.45, 2.75) is 0 Å². The lowest BCUT2D eigenvalue weighted by molar-refractivity contribution is 1.33. The van der Waals surface area contributed by atoms with Crippen molar-refractivity contribution in [1.29, 1.82) is 0 Å². The lowest BCUT2D eigenvalue weighted by atomic mass is 10.2. The molecule has 0 amide bonds. The average Bonchev–Trinajstić information content (AvgIpc) is 2.65. The number of halogens is 3. The summed E-state index contributed by atoms with van der Waals surface area (Å²) >= 11 is 16.5. The Balaban J connectivity index is 2.50. The predicted octanol–water partition coefficient (Wildman–Crippen LogP) is 4.32. The molecule has 2 rings (SSSR count). The molecule has 0 spiro atoms. The van der Waals surface area contributed by atoms with Crippen LogP contribution in [0.4, 0.5) is 5.69 Å². The number of aromatic nitrogens is 2. The minimum atomic E-state index is 0.511. The zero-order chi connectivity index (χ0) is 11.7. The van der Waals surface area contributed by atoms with Crippen molar-refractivity contribution in [1.82, 2.24) is 8.75 Å². The van der Waals surface area contributed by atoms with E-state index in [9.17, 15) is 0 Å². The summed E-state index contributed by atoms with van der Waals surface area (Å²) in [5, 5.41) is 4.17. The van der Waals surface area contributed by atoms with Crippen molar-refractivity contribution < 1.29 is 0 Å². The van der Waals surface area contributed by atoms with Crippen LogP contribution in [0.15, 0.2) is 17.1 Å². The third-order valence-corrected chi connectivity index (χ3v) is 3.30. The molecule has 0 bridgehead atoms. The Hall–Kier alpha value is -0.360.